The van der Waals surface area contributed by atoms with Crippen molar-refractivity contribution < 1.29 is 22.7 Å². The quantitative estimate of drug-likeness (QED) is 0.871. The van der Waals surface area contributed by atoms with Crippen LogP contribution in [0.5, 0.6) is 0 Å². The van der Waals surface area contributed by atoms with Gasteiger partial charge in [-0.05, 0) is 39.0 Å². The Kier molecular flexibility index (Phi) is 5.60. The number of halogens is 3. The van der Waals surface area contributed by atoms with E-state index in [4.69, 9.17) is 4.74 Å². The third kappa shape index (κ3) is 3.96. The average molecular weight is 393 g/mol. The van der Waals surface area contributed by atoms with E-state index >= 15 is 0 Å². The molecule has 28 heavy (non-hydrogen) atoms. The van der Waals surface area contributed by atoms with Gasteiger partial charge in [0.15, 0.2) is 5.78 Å². The lowest BCUT2D eigenvalue weighted by molar-refractivity contribution is -0.137. The predicted octanol–water partition coefficient (Wildman–Crippen LogP) is 2.49. The molecule has 1 N–H and O–H groups in total. The van der Waals surface area contributed by atoms with Crippen molar-refractivity contribution in [2.45, 2.75) is 26.9 Å². The summed E-state index contributed by atoms with van der Waals surface area (Å²) in [5.74, 6) is -0.0931. The Morgan fingerprint density at radius 2 is 1.93 bits per heavy atom. The first-order valence-electron chi connectivity index (χ1n) is 9.01. The molecular formula is C20H22F3N3O2. The van der Waals surface area contributed by atoms with E-state index in [0.29, 0.717) is 48.3 Å². The van der Waals surface area contributed by atoms with Crippen molar-refractivity contribution in [3.8, 4) is 11.4 Å². The van der Waals surface area contributed by atoms with Gasteiger partial charge in [-0.1, -0.05) is 6.08 Å². The van der Waals surface area contributed by atoms with Gasteiger partial charge in [0, 0.05) is 29.9 Å². The molecule has 0 atom stereocenters. The molecule has 3 rings (SSSR count). The minimum absolute atomic E-state index is 0.0461. The number of aromatic nitrogens is 2. The number of nitrogens with one attached hydrogen (secondary N) is 1. The molecule has 5 nitrogen and oxygen atoms in total. The Balaban J connectivity index is 2.17. The Bertz CT molecular complexity index is 1000. The molecule has 0 saturated carbocycles. The number of anilines is 1. The molecule has 8 heteroatoms. The van der Waals surface area contributed by atoms with Gasteiger partial charge in [0.25, 0.3) is 0 Å². The van der Waals surface area contributed by atoms with E-state index in [0.717, 1.165) is 6.07 Å². The van der Waals surface area contributed by atoms with Crippen LogP contribution in [0.2, 0.25) is 0 Å². The van der Waals surface area contributed by atoms with E-state index < -0.39 is 11.7 Å². The number of H-pyrrole nitrogens is 1. The van der Waals surface area contributed by atoms with Crippen LogP contribution < -0.4 is 15.6 Å². The Labute approximate surface area is 160 Å². The molecule has 1 aromatic carbocycles. The minimum atomic E-state index is -4.54. The van der Waals surface area contributed by atoms with Crippen molar-refractivity contribution in [2.75, 3.05) is 31.2 Å². The molecule has 1 fully saturated rings. The van der Waals surface area contributed by atoms with E-state index in [1.165, 1.54) is 13.0 Å². The number of ketones is 1. The van der Waals surface area contributed by atoms with Crippen molar-refractivity contribution in [1.29, 1.82) is 0 Å². The number of imidazole rings is 1. The molecule has 0 unspecified atom stereocenters. The SMILES string of the molecule is C/C=c1/[nH]c(-c2ccc(N3CCOCC3)cc2C(F)(F)F)n/c1=C(/C)C(C)=O. The summed E-state index contributed by atoms with van der Waals surface area (Å²) < 4.78 is 46.7. The first-order chi connectivity index (χ1) is 13.2. The Morgan fingerprint density at radius 1 is 1.25 bits per heavy atom. The lowest BCUT2D eigenvalue weighted by Crippen LogP contribution is -2.36. The molecule has 1 aromatic heterocycles. The maximum Gasteiger partial charge on any atom is 0.417 e. The third-order valence-electron chi connectivity index (χ3n) is 4.84. The van der Waals surface area contributed by atoms with Crippen LogP contribution in [0.1, 0.15) is 26.3 Å². The van der Waals surface area contributed by atoms with Gasteiger partial charge in [0.2, 0.25) is 0 Å². The van der Waals surface area contributed by atoms with E-state index in [2.05, 4.69) is 9.97 Å². The van der Waals surface area contributed by atoms with Crippen LogP contribution in [0.3, 0.4) is 0 Å². The second kappa shape index (κ2) is 7.79. The van der Waals surface area contributed by atoms with Gasteiger partial charge in [0.05, 0.1) is 29.5 Å². The summed E-state index contributed by atoms with van der Waals surface area (Å²) in [5, 5.41) is 0.892. The maximum absolute atomic E-state index is 13.8. The monoisotopic (exact) mass is 393 g/mol. The van der Waals surface area contributed by atoms with Crippen molar-refractivity contribution in [3.63, 3.8) is 0 Å². The topological polar surface area (TPSA) is 58.2 Å². The van der Waals surface area contributed by atoms with Gasteiger partial charge < -0.3 is 14.6 Å². The predicted molar refractivity (Wildman–Crippen MR) is 101 cm³/mol. The summed E-state index contributed by atoms with van der Waals surface area (Å²) >= 11 is 0. The smallest absolute Gasteiger partial charge is 0.378 e. The molecule has 2 heterocycles. The van der Waals surface area contributed by atoms with Crippen LogP contribution in [0, 0.1) is 0 Å². The highest BCUT2D eigenvalue weighted by Gasteiger charge is 2.35. The number of carbonyl (C=O) groups excluding carboxylic acids is 1. The Hall–Kier alpha value is -2.61. The zero-order chi connectivity index (χ0) is 20.5. The summed E-state index contributed by atoms with van der Waals surface area (Å²) in [6, 6.07) is 4.24. The number of carbonyl (C=O) groups is 1. The van der Waals surface area contributed by atoms with Crippen LogP contribution in [-0.2, 0) is 15.7 Å². The highest BCUT2D eigenvalue weighted by Crippen LogP contribution is 2.38. The highest BCUT2D eigenvalue weighted by atomic mass is 19.4. The maximum atomic E-state index is 13.8. The molecule has 0 aliphatic carbocycles. The molecule has 2 aromatic rings. The second-order valence-electron chi connectivity index (χ2n) is 6.64. The number of benzene rings is 1. The van der Waals surface area contributed by atoms with Crippen molar-refractivity contribution in [2.24, 2.45) is 0 Å². The van der Waals surface area contributed by atoms with E-state index in [1.807, 2.05) is 4.90 Å². The largest absolute Gasteiger partial charge is 0.417 e. The fourth-order valence-corrected chi connectivity index (χ4v) is 3.17. The van der Waals surface area contributed by atoms with Crippen LogP contribution >= 0.6 is 0 Å². The number of alkyl halides is 3. The second-order valence-corrected chi connectivity index (χ2v) is 6.64. The lowest BCUT2D eigenvalue weighted by Gasteiger charge is -2.29. The van der Waals surface area contributed by atoms with Gasteiger partial charge in [-0.25, -0.2) is 4.98 Å². The summed E-state index contributed by atoms with van der Waals surface area (Å²) in [6.07, 6.45) is -2.85. The lowest BCUT2D eigenvalue weighted by atomic mass is 10.0. The van der Waals surface area contributed by atoms with Gasteiger partial charge in [-0.2, -0.15) is 13.2 Å². The van der Waals surface area contributed by atoms with Crippen LogP contribution in [0.4, 0.5) is 18.9 Å². The number of Topliss-reactive ketones (excluding diaryl/α,β-unsaturated/α-hetero) is 1. The number of morpholine rings is 1. The number of ether oxygens (including phenoxy) is 1. The van der Waals surface area contributed by atoms with E-state index in [-0.39, 0.29) is 17.2 Å². The molecule has 0 bridgehead atoms. The van der Waals surface area contributed by atoms with Crippen LogP contribution in [-0.4, -0.2) is 42.1 Å². The fourth-order valence-electron chi connectivity index (χ4n) is 3.17. The molecule has 0 amide bonds. The minimum Gasteiger partial charge on any atom is -0.378 e. The molecule has 0 spiro atoms. The standard InChI is InChI=1S/C20H22F3N3O2/c1-4-17-18(12(2)13(3)27)25-19(24-17)15-6-5-14(11-16(15)20(21,22)23)26-7-9-28-10-8-26/h4-6,11H,7-10H2,1-3H3,(H,24,25)/b17-4+,18-12-. The normalized spacial score (nSPS) is 17.1. The number of hydrogen-bond donors (Lipinski definition) is 1. The first-order valence-corrected chi connectivity index (χ1v) is 9.01. The van der Waals surface area contributed by atoms with Crippen LogP contribution in [0.25, 0.3) is 23.0 Å². The number of hydrogen-bond acceptors (Lipinski definition) is 4. The summed E-state index contributed by atoms with van der Waals surface area (Å²) in [6.45, 7) is 6.82. The van der Waals surface area contributed by atoms with Crippen molar-refractivity contribution in [1.82, 2.24) is 9.97 Å². The summed E-state index contributed by atoms with van der Waals surface area (Å²) in [7, 11) is 0. The zero-order valence-electron chi connectivity index (χ0n) is 16.0. The number of aromatic amines is 1. The average Bonchev–Trinajstić information content (AvgIpc) is 3.11. The number of nitrogens with zero attached hydrogens (tertiary/aromatic N) is 2. The molecule has 150 valence electrons. The number of rotatable bonds is 3. The Morgan fingerprint density at radius 3 is 2.50 bits per heavy atom. The van der Waals surface area contributed by atoms with Crippen molar-refractivity contribution >= 4 is 23.1 Å². The van der Waals surface area contributed by atoms with E-state index in [1.54, 1.807) is 26.0 Å². The molecule has 0 radical (unpaired) electrons. The first kappa shape index (κ1) is 20.1. The van der Waals surface area contributed by atoms with Crippen molar-refractivity contribution in [3.05, 3.63) is 34.5 Å². The fraction of sp³-hybridized carbons (Fsp3) is 0.400. The third-order valence-corrected chi connectivity index (χ3v) is 4.84. The van der Waals surface area contributed by atoms with Gasteiger partial charge in [0.1, 0.15) is 5.82 Å². The van der Waals surface area contributed by atoms with Gasteiger partial charge in [-0.15, -0.1) is 0 Å². The van der Waals surface area contributed by atoms with Gasteiger partial charge in [-0.3, -0.25) is 4.79 Å². The zero-order valence-corrected chi connectivity index (χ0v) is 16.0. The molecule has 1 aliphatic heterocycles. The van der Waals surface area contributed by atoms with E-state index in [9.17, 15) is 18.0 Å². The van der Waals surface area contributed by atoms with Gasteiger partial charge >= 0.3 is 6.18 Å². The van der Waals surface area contributed by atoms with Crippen LogP contribution in [0.15, 0.2) is 18.2 Å². The molecular weight excluding hydrogens is 371 g/mol. The molecule has 1 saturated heterocycles. The molecule has 1 aliphatic rings. The summed E-state index contributed by atoms with van der Waals surface area (Å²) in [5.41, 5.74) is 0.0872. The summed E-state index contributed by atoms with van der Waals surface area (Å²) in [4.78, 5) is 20.8. The highest BCUT2D eigenvalue weighted by molar-refractivity contribution is 6.12.